The number of unbranched alkanes of at least 4 members (excludes halogenated alkanes) is 2. The number of aryl methyl sites for hydroxylation is 4. The first kappa shape index (κ1) is 26.2. The molecular formula is C27H36O6. The van der Waals surface area contributed by atoms with Crippen LogP contribution in [0.2, 0.25) is 0 Å². The van der Waals surface area contributed by atoms with E-state index < -0.39 is 18.4 Å². The van der Waals surface area contributed by atoms with Crippen LogP contribution in [0.3, 0.4) is 0 Å². The van der Waals surface area contributed by atoms with Crippen molar-refractivity contribution in [1.82, 2.24) is 0 Å². The predicted molar refractivity (Wildman–Crippen MR) is 127 cm³/mol. The Kier molecular flexibility index (Phi) is 10.2. The van der Waals surface area contributed by atoms with Crippen molar-refractivity contribution in [2.45, 2.75) is 85.9 Å². The maximum atomic E-state index is 12.1. The average Bonchev–Trinajstić information content (AvgIpc) is 2.78. The van der Waals surface area contributed by atoms with Crippen molar-refractivity contribution in [3.63, 3.8) is 0 Å². The van der Waals surface area contributed by atoms with E-state index in [0.29, 0.717) is 0 Å². The molecular weight excluding hydrogens is 420 g/mol. The lowest BCUT2D eigenvalue weighted by Crippen LogP contribution is -2.14. The minimum absolute atomic E-state index is 0.0320. The Labute approximate surface area is 196 Å². The van der Waals surface area contributed by atoms with Crippen molar-refractivity contribution in [3.8, 4) is 11.5 Å². The summed E-state index contributed by atoms with van der Waals surface area (Å²) in [7, 11) is 0. The first-order valence-corrected chi connectivity index (χ1v) is 11.7. The maximum absolute atomic E-state index is 12.1. The average molecular weight is 457 g/mol. The van der Waals surface area contributed by atoms with Gasteiger partial charge in [0.05, 0.1) is 0 Å². The van der Waals surface area contributed by atoms with Crippen LogP contribution in [0, 0.1) is 13.8 Å². The number of phenols is 2. The van der Waals surface area contributed by atoms with Crippen molar-refractivity contribution in [3.05, 3.63) is 57.6 Å². The Bertz CT molecular complexity index is 886. The highest BCUT2D eigenvalue weighted by Crippen LogP contribution is 2.27. The van der Waals surface area contributed by atoms with E-state index in [9.17, 15) is 19.8 Å². The second-order valence-corrected chi connectivity index (χ2v) is 8.55. The summed E-state index contributed by atoms with van der Waals surface area (Å²) in [5, 5.41) is 20.4. The molecule has 0 aliphatic carbocycles. The molecule has 180 valence electrons. The summed E-state index contributed by atoms with van der Waals surface area (Å²) in [5.74, 6) is -0.758. The number of carbonyl (C=O) groups is 2. The molecule has 2 aromatic rings. The monoisotopic (exact) mass is 456 g/mol. The molecule has 6 nitrogen and oxygen atoms in total. The Morgan fingerprint density at radius 2 is 1.12 bits per heavy atom. The molecule has 0 saturated heterocycles. The second kappa shape index (κ2) is 12.9. The van der Waals surface area contributed by atoms with E-state index in [1.807, 2.05) is 26.0 Å². The second-order valence-electron chi connectivity index (χ2n) is 8.55. The number of benzene rings is 2. The van der Waals surface area contributed by atoms with Crippen LogP contribution in [0.4, 0.5) is 0 Å². The molecule has 0 bridgehead atoms. The zero-order valence-electron chi connectivity index (χ0n) is 20.2. The van der Waals surface area contributed by atoms with E-state index in [1.54, 1.807) is 12.1 Å². The summed E-state index contributed by atoms with van der Waals surface area (Å²) < 4.78 is 10.5. The van der Waals surface area contributed by atoms with Gasteiger partial charge in [0.1, 0.15) is 31.1 Å². The summed E-state index contributed by atoms with van der Waals surface area (Å²) >= 11 is 0. The van der Waals surface area contributed by atoms with Crippen LogP contribution in [0.1, 0.15) is 79.3 Å². The first-order chi connectivity index (χ1) is 15.7. The van der Waals surface area contributed by atoms with Crippen LogP contribution >= 0.6 is 0 Å². The lowest BCUT2D eigenvalue weighted by molar-refractivity contribution is -0.156. The van der Waals surface area contributed by atoms with Crippen molar-refractivity contribution < 1.29 is 29.3 Å². The SMILES string of the molecule is CCCCc1cc(COC(=O)CC(=O)OCc2cc(C)c(O)c(CCCC)c2)cc(C)c1O. The molecule has 2 N–H and O–H groups in total. The molecule has 0 amide bonds. The topological polar surface area (TPSA) is 93.1 Å². The minimum Gasteiger partial charge on any atom is -0.507 e. The number of hydrogen-bond donors (Lipinski definition) is 2. The molecule has 0 heterocycles. The van der Waals surface area contributed by atoms with Crippen LogP contribution in [0.5, 0.6) is 11.5 Å². The van der Waals surface area contributed by atoms with Crippen LogP contribution in [0.15, 0.2) is 24.3 Å². The summed E-state index contributed by atoms with van der Waals surface area (Å²) in [5.41, 5.74) is 4.69. The van der Waals surface area contributed by atoms with E-state index in [-0.39, 0.29) is 24.7 Å². The molecule has 2 aromatic carbocycles. The Hall–Kier alpha value is -3.02. The molecule has 0 radical (unpaired) electrons. The number of esters is 2. The van der Waals surface area contributed by atoms with Gasteiger partial charge < -0.3 is 19.7 Å². The fraction of sp³-hybridized carbons (Fsp3) is 0.481. The lowest BCUT2D eigenvalue weighted by Gasteiger charge is -2.12. The molecule has 0 aliphatic rings. The quantitative estimate of drug-likeness (QED) is 0.320. The van der Waals surface area contributed by atoms with Gasteiger partial charge in [-0.2, -0.15) is 0 Å². The van der Waals surface area contributed by atoms with Crippen LogP contribution < -0.4 is 0 Å². The third kappa shape index (κ3) is 8.12. The first-order valence-electron chi connectivity index (χ1n) is 11.7. The normalized spacial score (nSPS) is 10.8. The summed E-state index contributed by atoms with van der Waals surface area (Å²) in [6, 6.07) is 7.24. The van der Waals surface area contributed by atoms with Gasteiger partial charge in [0.15, 0.2) is 0 Å². The Balaban J connectivity index is 1.87. The summed E-state index contributed by atoms with van der Waals surface area (Å²) in [4.78, 5) is 24.2. The van der Waals surface area contributed by atoms with Gasteiger partial charge in [-0.3, -0.25) is 9.59 Å². The van der Waals surface area contributed by atoms with E-state index in [1.165, 1.54) is 0 Å². The summed E-state index contributed by atoms with van der Waals surface area (Å²) in [6.45, 7) is 7.86. The van der Waals surface area contributed by atoms with Crippen LogP contribution in [-0.4, -0.2) is 22.2 Å². The van der Waals surface area contributed by atoms with Gasteiger partial charge in [-0.15, -0.1) is 0 Å². The molecule has 0 atom stereocenters. The van der Waals surface area contributed by atoms with Gasteiger partial charge in [0, 0.05) is 0 Å². The number of hydrogen-bond acceptors (Lipinski definition) is 6. The van der Waals surface area contributed by atoms with Gasteiger partial charge in [-0.25, -0.2) is 0 Å². The van der Waals surface area contributed by atoms with Crippen molar-refractivity contribution >= 4 is 11.9 Å². The smallest absolute Gasteiger partial charge is 0.317 e. The summed E-state index contributed by atoms with van der Waals surface area (Å²) in [6.07, 6.45) is 5.00. The number of phenolic OH excluding ortho intramolecular Hbond substituents is 2. The van der Waals surface area contributed by atoms with E-state index in [4.69, 9.17) is 9.47 Å². The fourth-order valence-corrected chi connectivity index (χ4v) is 3.70. The number of aromatic hydroxyl groups is 2. The van der Waals surface area contributed by atoms with Crippen molar-refractivity contribution in [2.24, 2.45) is 0 Å². The largest absolute Gasteiger partial charge is 0.507 e. The minimum atomic E-state index is -0.661. The highest BCUT2D eigenvalue weighted by atomic mass is 16.6. The molecule has 2 rings (SSSR count). The van der Waals surface area contributed by atoms with E-state index in [2.05, 4.69) is 13.8 Å². The van der Waals surface area contributed by atoms with Crippen LogP contribution in [-0.2, 0) is 45.1 Å². The van der Waals surface area contributed by atoms with E-state index >= 15 is 0 Å². The zero-order valence-corrected chi connectivity index (χ0v) is 20.2. The molecule has 0 unspecified atom stereocenters. The fourth-order valence-electron chi connectivity index (χ4n) is 3.70. The number of ether oxygens (including phenoxy) is 2. The van der Waals surface area contributed by atoms with E-state index in [0.717, 1.165) is 71.9 Å². The maximum Gasteiger partial charge on any atom is 0.317 e. The van der Waals surface area contributed by atoms with Gasteiger partial charge >= 0.3 is 11.9 Å². The molecule has 0 aromatic heterocycles. The van der Waals surface area contributed by atoms with Crippen molar-refractivity contribution in [2.75, 3.05) is 0 Å². The highest BCUT2D eigenvalue weighted by Gasteiger charge is 2.15. The molecule has 0 fully saturated rings. The zero-order chi connectivity index (χ0) is 24.4. The lowest BCUT2D eigenvalue weighted by atomic mass is 10.0. The van der Waals surface area contributed by atoms with Gasteiger partial charge in [0.2, 0.25) is 0 Å². The standard InChI is InChI=1S/C27H36O6/c1-5-7-9-22-13-20(11-18(3)26(22)30)16-32-24(28)15-25(29)33-17-21-12-19(4)27(31)23(14-21)10-8-6-2/h11-14,30-31H,5-10,15-17H2,1-4H3. The predicted octanol–water partition coefficient (Wildman–Crippen LogP) is 5.58. The van der Waals surface area contributed by atoms with Gasteiger partial charge in [-0.1, -0.05) is 26.7 Å². The highest BCUT2D eigenvalue weighted by molar-refractivity contribution is 5.91. The van der Waals surface area contributed by atoms with Gasteiger partial charge in [0.25, 0.3) is 0 Å². The third-order valence-electron chi connectivity index (χ3n) is 5.57. The molecule has 0 saturated carbocycles. The number of carbonyl (C=O) groups excluding carboxylic acids is 2. The Morgan fingerprint density at radius 1 is 0.727 bits per heavy atom. The van der Waals surface area contributed by atoms with Gasteiger partial charge in [-0.05, 0) is 97.2 Å². The van der Waals surface area contributed by atoms with Crippen LogP contribution in [0.25, 0.3) is 0 Å². The molecule has 0 aliphatic heterocycles. The van der Waals surface area contributed by atoms with Crippen molar-refractivity contribution in [1.29, 1.82) is 0 Å². The number of rotatable bonds is 12. The third-order valence-corrected chi connectivity index (χ3v) is 5.57. The molecule has 33 heavy (non-hydrogen) atoms. The Morgan fingerprint density at radius 3 is 1.48 bits per heavy atom. The molecule has 0 spiro atoms. The molecule has 6 heteroatoms.